The zero-order valence-electron chi connectivity index (χ0n) is 17.5. The number of benzene rings is 2. The molecule has 1 N–H and O–H groups in total. The van der Waals surface area contributed by atoms with Crippen LogP contribution in [0.15, 0.2) is 66.2 Å². The number of nitrogens with one attached hydrogen (secondary N) is 1. The summed E-state index contributed by atoms with van der Waals surface area (Å²) in [5.41, 5.74) is 3.43. The fourth-order valence-electron chi connectivity index (χ4n) is 3.68. The average Bonchev–Trinajstić information content (AvgIpc) is 3.29. The summed E-state index contributed by atoms with van der Waals surface area (Å²) in [4.78, 5) is 13.0. The summed E-state index contributed by atoms with van der Waals surface area (Å²) < 4.78 is 15.0. The Balaban J connectivity index is 0.00000272. The van der Waals surface area contributed by atoms with Gasteiger partial charge >= 0.3 is 0 Å². The van der Waals surface area contributed by atoms with Gasteiger partial charge in [0.25, 0.3) is 0 Å². The molecule has 4 rings (SSSR count). The molecule has 0 spiro atoms. The number of aliphatic imine (C=N–C) groups is 1. The van der Waals surface area contributed by atoms with Crippen molar-refractivity contribution in [2.75, 3.05) is 38.1 Å². The Labute approximate surface area is 199 Å². The SMILES string of the molecule is CN=C(NCc1cccc(Cn2cncn2)c1)N1CCN(c2ccc(F)cc2)CC1.I. The summed E-state index contributed by atoms with van der Waals surface area (Å²) in [5, 5.41) is 7.64. The van der Waals surface area contributed by atoms with Crippen molar-refractivity contribution in [2.24, 2.45) is 4.99 Å². The van der Waals surface area contributed by atoms with Crippen molar-refractivity contribution in [1.82, 2.24) is 25.0 Å². The average molecular weight is 535 g/mol. The van der Waals surface area contributed by atoms with Crippen molar-refractivity contribution in [3.63, 3.8) is 0 Å². The van der Waals surface area contributed by atoms with Gasteiger partial charge in [0.2, 0.25) is 0 Å². The minimum atomic E-state index is -0.202. The first-order valence-electron chi connectivity index (χ1n) is 10.1. The van der Waals surface area contributed by atoms with Gasteiger partial charge in [-0.05, 0) is 35.4 Å². The standard InChI is InChI=1S/C22H26FN7.HI/c1-24-22(29-11-9-28(10-12-29)21-7-5-20(23)6-8-21)26-14-18-3-2-4-19(13-18)15-30-17-25-16-27-30;/h2-8,13,16-17H,9-12,14-15H2,1H3,(H,24,26);1H. The molecule has 0 bridgehead atoms. The van der Waals surface area contributed by atoms with Gasteiger partial charge < -0.3 is 15.1 Å². The van der Waals surface area contributed by atoms with E-state index in [0.717, 1.165) is 37.8 Å². The largest absolute Gasteiger partial charge is 0.368 e. The van der Waals surface area contributed by atoms with Crippen LogP contribution >= 0.6 is 24.0 Å². The number of hydrogen-bond donors (Lipinski definition) is 1. The Kier molecular flexibility index (Phi) is 8.21. The molecule has 0 aliphatic carbocycles. The maximum absolute atomic E-state index is 13.2. The molecule has 2 aromatic carbocycles. The number of halogens is 2. The minimum absolute atomic E-state index is 0. The van der Waals surface area contributed by atoms with E-state index in [1.165, 1.54) is 23.3 Å². The number of piperazine rings is 1. The Morgan fingerprint density at radius 2 is 1.81 bits per heavy atom. The van der Waals surface area contributed by atoms with Gasteiger partial charge in [0.1, 0.15) is 18.5 Å². The Bertz CT molecular complexity index is 968. The molecule has 1 aromatic heterocycles. The maximum atomic E-state index is 13.2. The first kappa shape index (κ1) is 23.0. The number of hydrogen-bond acceptors (Lipinski definition) is 4. The first-order valence-corrected chi connectivity index (χ1v) is 10.1. The van der Waals surface area contributed by atoms with Crippen molar-refractivity contribution >= 4 is 35.6 Å². The van der Waals surface area contributed by atoms with Crippen LogP contribution in [-0.4, -0.2) is 58.9 Å². The number of aromatic nitrogens is 3. The van der Waals surface area contributed by atoms with Gasteiger partial charge in [-0.2, -0.15) is 5.10 Å². The molecular weight excluding hydrogens is 508 g/mol. The molecule has 7 nitrogen and oxygen atoms in total. The minimum Gasteiger partial charge on any atom is -0.368 e. The Morgan fingerprint density at radius 3 is 2.48 bits per heavy atom. The molecule has 0 atom stereocenters. The Morgan fingerprint density at radius 1 is 1.06 bits per heavy atom. The third kappa shape index (κ3) is 6.16. The number of rotatable bonds is 5. The van der Waals surface area contributed by atoms with Crippen molar-refractivity contribution < 1.29 is 4.39 Å². The lowest BCUT2D eigenvalue weighted by Gasteiger charge is -2.37. The highest BCUT2D eigenvalue weighted by Gasteiger charge is 2.19. The van der Waals surface area contributed by atoms with Crippen LogP contribution in [0.5, 0.6) is 0 Å². The van der Waals surface area contributed by atoms with Crippen LogP contribution in [-0.2, 0) is 13.1 Å². The normalized spacial score (nSPS) is 14.3. The molecule has 1 aliphatic rings. The maximum Gasteiger partial charge on any atom is 0.194 e. The van der Waals surface area contributed by atoms with Crippen LogP contribution in [0.4, 0.5) is 10.1 Å². The monoisotopic (exact) mass is 535 g/mol. The van der Waals surface area contributed by atoms with E-state index in [0.29, 0.717) is 13.1 Å². The number of guanidine groups is 1. The van der Waals surface area contributed by atoms with Gasteiger partial charge in [0.15, 0.2) is 5.96 Å². The van der Waals surface area contributed by atoms with Gasteiger partial charge in [0.05, 0.1) is 6.54 Å². The van der Waals surface area contributed by atoms with Crippen LogP contribution in [0.25, 0.3) is 0 Å². The van der Waals surface area contributed by atoms with E-state index >= 15 is 0 Å². The molecule has 3 aromatic rings. The third-order valence-corrected chi connectivity index (χ3v) is 5.24. The number of nitrogens with zero attached hydrogens (tertiary/aromatic N) is 6. The van der Waals surface area contributed by atoms with E-state index in [1.54, 1.807) is 12.7 Å². The predicted molar refractivity (Wildman–Crippen MR) is 131 cm³/mol. The second-order valence-electron chi connectivity index (χ2n) is 7.26. The van der Waals surface area contributed by atoms with E-state index in [9.17, 15) is 4.39 Å². The molecular formula is C22H27FIN7. The lowest BCUT2D eigenvalue weighted by molar-refractivity contribution is 0.372. The highest BCUT2D eigenvalue weighted by molar-refractivity contribution is 14.0. The second kappa shape index (κ2) is 11.1. The van der Waals surface area contributed by atoms with E-state index in [1.807, 2.05) is 23.9 Å². The molecule has 0 saturated carbocycles. The van der Waals surface area contributed by atoms with E-state index < -0.39 is 0 Å². The first-order chi connectivity index (χ1) is 14.7. The highest BCUT2D eigenvalue weighted by atomic mass is 127. The molecule has 2 heterocycles. The zero-order chi connectivity index (χ0) is 20.8. The van der Waals surface area contributed by atoms with Gasteiger partial charge in [-0.15, -0.1) is 24.0 Å². The highest BCUT2D eigenvalue weighted by Crippen LogP contribution is 2.17. The fourth-order valence-corrected chi connectivity index (χ4v) is 3.68. The second-order valence-corrected chi connectivity index (χ2v) is 7.26. The van der Waals surface area contributed by atoms with Crippen LogP contribution in [0.3, 0.4) is 0 Å². The van der Waals surface area contributed by atoms with Gasteiger partial charge in [0, 0.05) is 45.5 Å². The smallest absolute Gasteiger partial charge is 0.194 e. The molecule has 31 heavy (non-hydrogen) atoms. The Hall–Kier alpha value is -2.69. The van der Waals surface area contributed by atoms with Crippen LogP contribution in [0, 0.1) is 5.82 Å². The third-order valence-electron chi connectivity index (χ3n) is 5.24. The van der Waals surface area contributed by atoms with Crippen molar-refractivity contribution in [3.05, 3.63) is 78.1 Å². The van der Waals surface area contributed by atoms with Crippen molar-refractivity contribution in [1.29, 1.82) is 0 Å². The summed E-state index contributed by atoms with van der Waals surface area (Å²) in [7, 11) is 1.82. The van der Waals surface area contributed by atoms with Gasteiger partial charge in [-0.3, -0.25) is 4.99 Å². The predicted octanol–water partition coefficient (Wildman–Crippen LogP) is 2.98. The van der Waals surface area contributed by atoms with E-state index in [2.05, 4.69) is 54.5 Å². The molecule has 0 unspecified atom stereocenters. The number of anilines is 1. The van der Waals surface area contributed by atoms with Crippen molar-refractivity contribution in [3.8, 4) is 0 Å². The van der Waals surface area contributed by atoms with Crippen LogP contribution < -0.4 is 10.2 Å². The van der Waals surface area contributed by atoms with E-state index in [4.69, 9.17) is 0 Å². The topological polar surface area (TPSA) is 61.6 Å². The summed E-state index contributed by atoms with van der Waals surface area (Å²) in [6, 6.07) is 15.1. The molecule has 1 aliphatic heterocycles. The summed E-state index contributed by atoms with van der Waals surface area (Å²) >= 11 is 0. The molecule has 0 radical (unpaired) electrons. The van der Waals surface area contributed by atoms with E-state index in [-0.39, 0.29) is 29.8 Å². The zero-order valence-corrected chi connectivity index (χ0v) is 19.8. The van der Waals surface area contributed by atoms with Crippen LogP contribution in [0.1, 0.15) is 11.1 Å². The van der Waals surface area contributed by atoms with Crippen LogP contribution in [0.2, 0.25) is 0 Å². The molecule has 9 heteroatoms. The molecule has 164 valence electrons. The summed E-state index contributed by atoms with van der Waals surface area (Å²) in [6.07, 6.45) is 3.27. The molecule has 0 amide bonds. The lowest BCUT2D eigenvalue weighted by Crippen LogP contribution is -2.52. The van der Waals surface area contributed by atoms with Gasteiger partial charge in [-0.1, -0.05) is 24.3 Å². The summed E-state index contributed by atoms with van der Waals surface area (Å²) in [5.74, 6) is 0.697. The van der Waals surface area contributed by atoms with Crippen molar-refractivity contribution in [2.45, 2.75) is 13.1 Å². The molecule has 1 saturated heterocycles. The lowest BCUT2D eigenvalue weighted by atomic mass is 10.1. The summed E-state index contributed by atoms with van der Waals surface area (Å²) in [6.45, 7) is 4.89. The fraction of sp³-hybridized carbons (Fsp3) is 0.318. The molecule has 1 fully saturated rings. The van der Waals surface area contributed by atoms with Gasteiger partial charge in [-0.25, -0.2) is 14.1 Å². The quantitative estimate of drug-likeness (QED) is 0.310.